The maximum Gasteiger partial charge on any atom is 0.164 e. The predicted molar refractivity (Wildman–Crippen MR) is 76.1 cm³/mol. The first kappa shape index (κ1) is 18.6. The maximum atomic E-state index is 11.9. The van der Waals surface area contributed by atoms with Gasteiger partial charge in [0.05, 0.1) is 6.61 Å². The zero-order valence-electron chi connectivity index (χ0n) is 12.7. The predicted octanol–water partition coefficient (Wildman–Crippen LogP) is 2.45. The van der Waals surface area contributed by atoms with Crippen molar-refractivity contribution < 1.29 is 19.7 Å². The molecule has 0 amide bonds. The second-order valence-corrected chi connectivity index (χ2v) is 5.16. The van der Waals surface area contributed by atoms with Gasteiger partial charge in [0.2, 0.25) is 0 Å². The van der Waals surface area contributed by atoms with Crippen molar-refractivity contribution in [2.75, 3.05) is 13.2 Å². The molecule has 2 atom stereocenters. The van der Waals surface area contributed by atoms with Crippen LogP contribution in [0.15, 0.2) is 0 Å². The summed E-state index contributed by atoms with van der Waals surface area (Å²) in [6.07, 6.45) is 5.18. The highest BCUT2D eigenvalue weighted by molar-refractivity contribution is 5.85. The summed E-state index contributed by atoms with van der Waals surface area (Å²) in [7, 11) is 0. The van der Waals surface area contributed by atoms with E-state index < -0.39 is 18.3 Å². The monoisotopic (exact) mass is 274 g/mol. The summed E-state index contributed by atoms with van der Waals surface area (Å²) in [5.74, 6) is -0.193. The molecule has 0 aliphatic heterocycles. The largest absolute Gasteiger partial charge is 0.394 e. The van der Waals surface area contributed by atoms with Crippen LogP contribution in [0.2, 0.25) is 0 Å². The second-order valence-electron chi connectivity index (χ2n) is 5.16. The van der Waals surface area contributed by atoms with Crippen LogP contribution >= 0.6 is 0 Å². The van der Waals surface area contributed by atoms with E-state index in [0.29, 0.717) is 13.0 Å². The lowest BCUT2D eigenvalue weighted by Crippen LogP contribution is -2.52. The molecule has 0 fully saturated rings. The molecule has 0 aromatic heterocycles. The SMILES string of the molecule is CCCCCOC(CCCCC)(C(C)=O)C(O)CO. The molecule has 0 radical (unpaired) electrons. The van der Waals surface area contributed by atoms with Gasteiger partial charge in [-0.3, -0.25) is 4.79 Å². The van der Waals surface area contributed by atoms with Gasteiger partial charge in [-0.2, -0.15) is 0 Å². The lowest BCUT2D eigenvalue weighted by molar-refractivity contribution is -0.168. The molecule has 0 spiro atoms. The number of carbonyl (C=O) groups excluding carboxylic acids is 1. The van der Waals surface area contributed by atoms with Crippen molar-refractivity contribution in [2.24, 2.45) is 0 Å². The summed E-state index contributed by atoms with van der Waals surface area (Å²) in [5.41, 5.74) is -1.22. The van der Waals surface area contributed by atoms with Gasteiger partial charge < -0.3 is 14.9 Å². The van der Waals surface area contributed by atoms with Crippen LogP contribution in [0.3, 0.4) is 0 Å². The number of Topliss-reactive ketones (excluding diaryl/α,β-unsaturated/α-hetero) is 1. The van der Waals surface area contributed by atoms with Crippen molar-refractivity contribution in [3.8, 4) is 0 Å². The average molecular weight is 274 g/mol. The molecule has 114 valence electrons. The number of aliphatic hydroxyl groups is 2. The number of hydrogen-bond donors (Lipinski definition) is 2. The van der Waals surface area contributed by atoms with Gasteiger partial charge in [0.15, 0.2) is 11.4 Å². The summed E-state index contributed by atoms with van der Waals surface area (Å²) in [5, 5.41) is 19.2. The van der Waals surface area contributed by atoms with Crippen LogP contribution in [0, 0.1) is 0 Å². The van der Waals surface area contributed by atoms with Crippen LogP contribution in [0.1, 0.15) is 65.7 Å². The van der Waals surface area contributed by atoms with E-state index in [1.165, 1.54) is 6.92 Å². The fourth-order valence-corrected chi connectivity index (χ4v) is 2.24. The molecule has 0 aromatic rings. The fourth-order valence-electron chi connectivity index (χ4n) is 2.24. The molecule has 0 aliphatic rings. The molecule has 0 bridgehead atoms. The summed E-state index contributed by atoms with van der Waals surface area (Å²) in [6.45, 7) is 5.63. The summed E-state index contributed by atoms with van der Waals surface area (Å²) in [6, 6.07) is 0. The van der Waals surface area contributed by atoms with Gasteiger partial charge in [-0.05, 0) is 19.8 Å². The molecule has 0 rings (SSSR count). The van der Waals surface area contributed by atoms with Crippen molar-refractivity contribution in [3.05, 3.63) is 0 Å². The zero-order valence-corrected chi connectivity index (χ0v) is 12.7. The van der Waals surface area contributed by atoms with Crippen LogP contribution < -0.4 is 0 Å². The Morgan fingerprint density at radius 3 is 2.21 bits per heavy atom. The molecule has 2 N–H and O–H groups in total. The van der Waals surface area contributed by atoms with E-state index in [4.69, 9.17) is 4.74 Å². The van der Waals surface area contributed by atoms with Crippen LogP contribution in [-0.2, 0) is 9.53 Å². The van der Waals surface area contributed by atoms with E-state index in [-0.39, 0.29) is 5.78 Å². The van der Waals surface area contributed by atoms with E-state index in [9.17, 15) is 15.0 Å². The van der Waals surface area contributed by atoms with Crippen LogP contribution in [0.5, 0.6) is 0 Å². The van der Waals surface area contributed by atoms with E-state index in [2.05, 4.69) is 13.8 Å². The van der Waals surface area contributed by atoms with E-state index in [0.717, 1.165) is 38.5 Å². The Hall–Kier alpha value is -0.450. The van der Waals surface area contributed by atoms with Crippen molar-refractivity contribution in [1.29, 1.82) is 0 Å². The van der Waals surface area contributed by atoms with Gasteiger partial charge in [0.1, 0.15) is 6.10 Å². The molecule has 2 unspecified atom stereocenters. The topological polar surface area (TPSA) is 66.8 Å². The molecule has 4 heteroatoms. The Morgan fingerprint density at radius 2 is 1.74 bits per heavy atom. The summed E-state index contributed by atoms with van der Waals surface area (Å²) in [4.78, 5) is 11.9. The van der Waals surface area contributed by atoms with Crippen LogP contribution in [-0.4, -0.2) is 40.9 Å². The highest BCUT2D eigenvalue weighted by Crippen LogP contribution is 2.26. The Balaban J connectivity index is 4.67. The minimum absolute atomic E-state index is 0.193. The molecule has 4 nitrogen and oxygen atoms in total. The highest BCUT2D eigenvalue weighted by atomic mass is 16.5. The van der Waals surface area contributed by atoms with Crippen molar-refractivity contribution in [1.82, 2.24) is 0 Å². The average Bonchev–Trinajstić information content (AvgIpc) is 2.40. The smallest absolute Gasteiger partial charge is 0.164 e. The Kier molecular flexibility index (Phi) is 10.1. The number of hydrogen-bond acceptors (Lipinski definition) is 4. The minimum atomic E-state index is -1.22. The number of unbranched alkanes of at least 4 members (excludes halogenated alkanes) is 4. The Bertz CT molecular complexity index is 242. The van der Waals surface area contributed by atoms with E-state index >= 15 is 0 Å². The normalized spacial score (nSPS) is 16.1. The van der Waals surface area contributed by atoms with Crippen molar-refractivity contribution >= 4 is 5.78 Å². The summed E-state index contributed by atoms with van der Waals surface area (Å²) >= 11 is 0. The first-order valence-electron chi connectivity index (χ1n) is 7.49. The fraction of sp³-hybridized carbons (Fsp3) is 0.933. The molecule has 0 aromatic carbocycles. The Labute approximate surface area is 117 Å². The van der Waals surface area contributed by atoms with Crippen molar-refractivity contribution in [2.45, 2.75) is 77.4 Å². The van der Waals surface area contributed by atoms with Gasteiger partial charge in [-0.1, -0.05) is 46.0 Å². The number of ether oxygens (including phenoxy) is 1. The minimum Gasteiger partial charge on any atom is -0.394 e. The summed E-state index contributed by atoms with van der Waals surface area (Å²) < 4.78 is 5.73. The van der Waals surface area contributed by atoms with Gasteiger partial charge in [-0.15, -0.1) is 0 Å². The van der Waals surface area contributed by atoms with Crippen LogP contribution in [0.4, 0.5) is 0 Å². The third-order valence-electron chi connectivity index (χ3n) is 3.57. The van der Waals surface area contributed by atoms with Gasteiger partial charge in [0, 0.05) is 6.61 Å². The first-order chi connectivity index (χ1) is 9.05. The molecule has 0 heterocycles. The molecule has 19 heavy (non-hydrogen) atoms. The first-order valence-corrected chi connectivity index (χ1v) is 7.49. The lowest BCUT2D eigenvalue weighted by atomic mass is 9.86. The quantitative estimate of drug-likeness (QED) is 0.536. The van der Waals surface area contributed by atoms with Gasteiger partial charge >= 0.3 is 0 Å². The van der Waals surface area contributed by atoms with Gasteiger partial charge in [0.25, 0.3) is 0 Å². The number of rotatable bonds is 12. The molecule has 0 saturated heterocycles. The molecular formula is C15H30O4. The number of ketones is 1. The highest BCUT2D eigenvalue weighted by Gasteiger charge is 2.42. The van der Waals surface area contributed by atoms with E-state index in [1.807, 2.05) is 0 Å². The van der Waals surface area contributed by atoms with Crippen LogP contribution in [0.25, 0.3) is 0 Å². The number of aliphatic hydroxyl groups excluding tert-OH is 2. The van der Waals surface area contributed by atoms with Gasteiger partial charge in [-0.25, -0.2) is 0 Å². The maximum absolute atomic E-state index is 11.9. The third kappa shape index (κ3) is 6.02. The number of carbonyl (C=O) groups is 1. The lowest BCUT2D eigenvalue weighted by Gasteiger charge is -2.35. The van der Waals surface area contributed by atoms with E-state index in [1.54, 1.807) is 0 Å². The molecular weight excluding hydrogens is 244 g/mol. The van der Waals surface area contributed by atoms with Crippen molar-refractivity contribution in [3.63, 3.8) is 0 Å². The molecule has 0 aliphatic carbocycles. The standard InChI is InChI=1S/C15H30O4/c1-4-6-8-10-15(13(3)17,14(18)12-16)19-11-9-7-5-2/h14,16,18H,4-12H2,1-3H3. The third-order valence-corrected chi connectivity index (χ3v) is 3.57. The molecule has 0 saturated carbocycles. The second kappa shape index (κ2) is 10.4. The Morgan fingerprint density at radius 1 is 1.16 bits per heavy atom. The zero-order chi connectivity index (χ0) is 14.7.